The average Bonchev–Trinajstić information content (AvgIpc) is 2.43. The first-order valence-corrected chi connectivity index (χ1v) is 8.39. The third kappa shape index (κ3) is 8.23. The molecule has 6 heteroatoms. The summed E-state index contributed by atoms with van der Waals surface area (Å²) < 4.78 is 11.8. The molecule has 1 aromatic carbocycles. The molecule has 23 heavy (non-hydrogen) atoms. The number of nitrogens with one attached hydrogen (secondary N) is 1. The highest BCUT2D eigenvalue weighted by molar-refractivity contribution is 9.10. The van der Waals surface area contributed by atoms with Gasteiger partial charge in [-0.2, -0.15) is 0 Å². The number of carbonyl (C=O) groups is 1. The molecule has 0 bridgehead atoms. The molecule has 1 aromatic rings. The molecule has 0 fully saturated rings. The second kappa shape index (κ2) is 8.55. The van der Waals surface area contributed by atoms with Crippen molar-refractivity contribution in [3.8, 4) is 5.75 Å². The summed E-state index contributed by atoms with van der Waals surface area (Å²) in [6, 6.07) is 7.58. The molecule has 130 valence electrons. The lowest BCUT2D eigenvalue weighted by molar-refractivity contribution is 0.0459. The lowest BCUT2D eigenvalue weighted by Gasteiger charge is -2.28. The third-order valence-electron chi connectivity index (χ3n) is 3.21. The number of aliphatic hydroxyl groups is 1. The van der Waals surface area contributed by atoms with Gasteiger partial charge in [0.1, 0.15) is 11.4 Å². The lowest BCUT2D eigenvalue weighted by Crippen LogP contribution is -2.41. The third-order valence-corrected chi connectivity index (χ3v) is 3.70. The van der Waals surface area contributed by atoms with Crippen LogP contribution in [0.5, 0.6) is 5.75 Å². The van der Waals surface area contributed by atoms with Gasteiger partial charge in [0.2, 0.25) is 0 Å². The number of aliphatic hydroxyl groups excluding tert-OH is 1. The van der Waals surface area contributed by atoms with E-state index >= 15 is 0 Å². The Bertz CT molecular complexity index is 516. The predicted octanol–water partition coefficient (Wildman–Crippen LogP) is 3.74. The molecule has 0 saturated carbocycles. The first-order chi connectivity index (χ1) is 10.6. The van der Waals surface area contributed by atoms with Gasteiger partial charge in [-0.25, -0.2) is 4.79 Å². The van der Waals surface area contributed by atoms with E-state index in [4.69, 9.17) is 9.47 Å². The van der Waals surface area contributed by atoms with E-state index in [2.05, 4.69) is 21.2 Å². The van der Waals surface area contributed by atoms with Crippen molar-refractivity contribution in [2.75, 3.05) is 19.8 Å². The summed E-state index contributed by atoms with van der Waals surface area (Å²) in [5.41, 5.74) is -1.01. The Hall–Kier alpha value is -1.27. The van der Waals surface area contributed by atoms with E-state index < -0.39 is 17.1 Å². The zero-order valence-electron chi connectivity index (χ0n) is 14.2. The van der Waals surface area contributed by atoms with E-state index in [1.165, 1.54) is 0 Å². The molecule has 2 N–H and O–H groups in total. The molecular weight excluding hydrogens is 362 g/mol. The molecule has 1 amide bonds. The molecule has 5 nitrogen and oxygen atoms in total. The zero-order valence-corrected chi connectivity index (χ0v) is 15.8. The van der Waals surface area contributed by atoms with Gasteiger partial charge in [-0.1, -0.05) is 28.9 Å². The maximum absolute atomic E-state index is 11.7. The van der Waals surface area contributed by atoms with E-state index in [-0.39, 0.29) is 6.61 Å². The Labute approximate surface area is 146 Å². The van der Waals surface area contributed by atoms with Gasteiger partial charge in [-0.05, 0) is 45.4 Å². The van der Waals surface area contributed by atoms with Crippen LogP contribution in [0.2, 0.25) is 0 Å². The van der Waals surface area contributed by atoms with E-state index in [0.29, 0.717) is 19.6 Å². The van der Waals surface area contributed by atoms with Gasteiger partial charge in [0.25, 0.3) is 0 Å². The van der Waals surface area contributed by atoms with Gasteiger partial charge in [0.15, 0.2) is 0 Å². The fourth-order valence-corrected chi connectivity index (χ4v) is 2.17. The number of ether oxygens (including phenoxy) is 2. The van der Waals surface area contributed by atoms with Gasteiger partial charge in [0, 0.05) is 16.4 Å². The molecule has 1 atom stereocenters. The number of halogens is 1. The Morgan fingerprint density at radius 1 is 1.30 bits per heavy atom. The Balaban J connectivity index is 2.43. The number of hydrogen-bond donors (Lipinski definition) is 2. The largest absolute Gasteiger partial charge is 0.494 e. The normalized spacial score (nSPS) is 14.0. The number of amides is 1. The molecular formula is C17H26BrNO4. The smallest absolute Gasteiger partial charge is 0.407 e. The van der Waals surface area contributed by atoms with Gasteiger partial charge in [-0.15, -0.1) is 0 Å². The van der Waals surface area contributed by atoms with E-state index in [0.717, 1.165) is 10.2 Å². The molecule has 1 rings (SSSR count). The second-order valence-corrected chi connectivity index (χ2v) is 7.80. The van der Waals surface area contributed by atoms with Crippen molar-refractivity contribution < 1.29 is 19.4 Å². The standard InChI is InChI=1S/C17H26BrNO4/c1-16(2,3)23-15(21)19-11-17(4,12-20)8-9-22-14-7-5-6-13(18)10-14/h5-7,10,20H,8-9,11-12H2,1-4H3,(H,19,21). The number of alkyl carbamates (subject to hydrolysis) is 1. The van der Waals surface area contributed by atoms with Crippen molar-refractivity contribution in [2.45, 2.75) is 39.7 Å². The van der Waals surface area contributed by atoms with E-state index in [1.54, 1.807) is 0 Å². The monoisotopic (exact) mass is 387 g/mol. The van der Waals surface area contributed by atoms with Gasteiger partial charge >= 0.3 is 6.09 Å². The van der Waals surface area contributed by atoms with Crippen molar-refractivity contribution in [1.82, 2.24) is 5.32 Å². The number of benzene rings is 1. The molecule has 0 spiro atoms. The van der Waals surface area contributed by atoms with Gasteiger partial charge in [-0.3, -0.25) is 0 Å². The fourth-order valence-electron chi connectivity index (χ4n) is 1.80. The first kappa shape index (κ1) is 19.8. The van der Waals surface area contributed by atoms with Crippen molar-refractivity contribution in [3.63, 3.8) is 0 Å². The number of rotatable bonds is 7. The minimum Gasteiger partial charge on any atom is -0.494 e. The number of carbonyl (C=O) groups excluding carboxylic acids is 1. The summed E-state index contributed by atoms with van der Waals surface area (Å²) in [5.74, 6) is 0.764. The first-order valence-electron chi connectivity index (χ1n) is 7.60. The zero-order chi connectivity index (χ0) is 17.5. The van der Waals surface area contributed by atoms with Crippen LogP contribution in [0.25, 0.3) is 0 Å². The molecule has 0 aliphatic heterocycles. The lowest BCUT2D eigenvalue weighted by atomic mass is 9.88. The maximum Gasteiger partial charge on any atom is 0.407 e. The SMILES string of the molecule is CC(CO)(CCOc1cccc(Br)c1)CNC(=O)OC(C)(C)C. The topological polar surface area (TPSA) is 67.8 Å². The summed E-state index contributed by atoms with van der Waals surface area (Å²) in [4.78, 5) is 11.7. The average molecular weight is 388 g/mol. The molecule has 0 saturated heterocycles. The molecule has 0 aromatic heterocycles. The minimum atomic E-state index is -0.538. The molecule has 0 aliphatic rings. The van der Waals surface area contributed by atoms with Crippen molar-refractivity contribution in [1.29, 1.82) is 0 Å². The van der Waals surface area contributed by atoms with Crippen molar-refractivity contribution in [2.24, 2.45) is 5.41 Å². The van der Waals surface area contributed by atoms with Crippen LogP contribution < -0.4 is 10.1 Å². The van der Waals surface area contributed by atoms with Crippen molar-refractivity contribution in [3.05, 3.63) is 28.7 Å². The van der Waals surface area contributed by atoms with Crippen LogP contribution in [0.15, 0.2) is 28.7 Å². The summed E-state index contributed by atoms with van der Waals surface area (Å²) in [6.45, 7) is 8.04. The molecule has 0 heterocycles. The van der Waals surface area contributed by atoms with Crippen LogP contribution in [-0.4, -0.2) is 36.6 Å². The maximum atomic E-state index is 11.7. The Morgan fingerprint density at radius 2 is 2.00 bits per heavy atom. The minimum absolute atomic E-state index is 0.0510. The summed E-state index contributed by atoms with van der Waals surface area (Å²) >= 11 is 3.39. The highest BCUT2D eigenvalue weighted by Gasteiger charge is 2.25. The Kier molecular flexibility index (Phi) is 7.35. The number of hydrogen-bond acceptors (Lipinski definition) is 4. The quantitative estimate of drug-likeness (QED) is 0.747. The van der Waals surface area contributed by atoms with Gasteiger partial charge in [0.05, 0.1) is 13.2 Å². The van der Waals surface area contributed by atoms with Crippen LogP contribution in [0.4, 0.5) is 4.79 Å². The Morgan fingerprint density at radius 3 is 2.57 bits per heavy atom. The fraction of sp³-hybridized carbons (Fsp3) is 0.588. The van der Waals surface area contributed by atoms with E-state index in [9.17, 15) is 9.90 Å². The van der Waals surface area contributed by atoms with Crippen LogP contribution in [0, 0.1) is 5.41 Å². The highest BCUT2D eigenvalue weighted by atomic mass is 79.9. The second-order valence-electron chi connectivity index (χ2n) is 6.88. The molecule has 0 radical (unpaired) electrons. The van der Waals surface area contributed by atoms with Crippen LogP contribution in [0.1, 0.15) is 34.1 Å². The summed E-state index contributed by atoms with van der Waals surface area (Å²) in [7, 11) is 0. The predicted molar refractivity (Wildman–Crippen MR) is 93.7 cm³/mol. The summed E-state index contributed by atoms with van der Waals surface area (Å²) in [5, 5.41) is 12.3. The van der Waals surface area contributed by atoms with Crippen LogP contribution in [0.3, 0.4) is 0 Å². The summed E-state index contributed by atoms with van der Waals surface area (Å²) in [6.07, 6.45) is 0.122. The molecule has 1 unspecified atom stereocenters. The highest BCUT2D eigenvalue weighted by Crippen LogP contribution is 2.22. The van der Waals surface area contributed by atoms with Crippen molar-refractivity contribution >= 4 is 22.0 Å². The van der Waals surface area contributed by atoms with E-state index in [1.807, 2.05) is 52.0 Å². The van der Waals surface area contributed by atoms with Crippen LogP contribution >= 0.6 is 15.9 Å². The molecule has 0 aliphatic carbocycles. The van der Waals surface area contributed by atoms with Gasteiger partial charge < -0.3 is 19.9 Å². The van der Waals surface area contributed by atoms with Crippen LogP contribution in [-0.2, 0) is 4.74 Å².